The van der Waals surface area contributed by atoms with Crippen LogP contribution in [0.1, 0.15) is 39.5 Å². The van der Waals surface area contributed by atoms with Crippen molar-refractivity contribution in [1.29, 1.82) is 0 Å². The quantitative estimate of drug-likeness (QED) is 0.272. The Labute approximate surface area is 320 Å². The lowest BCUT2D eigenvalue weighted by Crippen LogP contribution is -2.54. The van der Waals surface area contributed by atoms with Crippen molar-refractivity contribution in [2.45, 2.75) is 51.6 Å². The molecule has 2 atom stereocenters. The molecule has 0 aromatic carbocycles. The second-order valence-electron chi connectivity index (χ2n) is 13.8. The topological polar surface area (TPSA) is 172 Å². The van der Waals surface area contributed by atoms with Gasteiger partial charge in [0.15, 0.2) is 11.6 Å². The van der Waals surface area contributed by atoms with Crippen LogP contribution in [0.5, 0.6) is 0 Å². The fraction of sp³-hybridized carbons (Fsp3) is 0.500. The van der Waals surface area contributed by atoms with Gasteiger partial charge in [0.05, 0.1) is 42.6 Å². The lowest BCUT2D eigenvalue weighted by molar-refractivity contribution is -0.138. The van der Waals surface area contributed by atoms with Crippen molar-refractivity contribution in [3.8, 4) is 22.8 Å². The SMILES string of the molecule is Cl.O=C(O)C1CC1.[C-]#[N+]c1cnc(-c2cnn(C)c2)nc1N1CCN(C(=O)C2CC2)[C@H](C)C1.[C-]#[N+]c1cnc(-c2cnn(C)c2)nc1N1CCN[C@H](C)C1. The summed E-state index contributed by atoms with van der Waals surface area (Å²) in [6, 6.07) is 0.487. The number of rotatable bonds is 6. The molecule has 2 N–H and O–H groups in total. The number of nitrogens with one attached hydrogen (secondary N) is 1. The number of aliphatic carboxylic acids is 1. The average Bonchev–Trinajstić information content (AvgIpc) is 4.10. The van der Waals surface area contributed by atoms with Crippen molar-refractivity contribution in [1.82, 2.24) is 49.7 Å². The summed E-state index contributed by atoms with van der Waals surface area (Å²) in [5.74, 6) is 2.42. The average molecular weight is 757 g/mol. The van der Waals surface area contributed by atoms with E-state index in [0.29, 0.717) is 60.3 Å². The summed E-state index contributed by atoms with van der Waals surface area (Å²) in [7, 11) is 3.70. The van der Waals surface area contributed by atoms with E-state index in [1.54, 1.807) is 34.2 Å². The van der Waals surface area contributed by atoms with E-state index in [1.165, 1.54) is 0 Å². The first-order chi connectivity index (χ1) is 25.5. The second-order valence-corrected chi connectivity index (χ2v) is 13.8. The smallest absolute Gasteiger partial charge is 0.306 e. The number of nitrogens with zero attached hydrogens (tertiary/aromatic N) is 13. The Morgan fingerprint density at radius 1 is 0.778 bits per heavy atom. The minimum absolute atomic E-state index is 0. The highest BCUT2D eigenvalue weighted by Crippen LogP contribution is 2.34. The molecular formula is C36H45ClN14O3. The van der Waals surface area contributed by atoms with Crippen LogP contribution in [0.25, 0.3) is 32.5 Å². The van der Waals surface area contributed by atoms with Gasteiger partial charge in [0.2, 0.25) is 17.3 Å². The van der Waals surface area contributed by atoms with Gasteiger partial charge in [0.1, 0.15) is 11.6 Å². The second kappa shape index (κ2) is 17.5. The minimum atomic E-state index is -0.630. The first-order valence-corrected chi connectivity index (χ1v) is 17.8. The molecule has 54 heavy (non-hydrogen) atoms. The van der Waals surface area contributed by atoms with Crippen molar-refractivity contribution in [3.05, 3.63) is 60.0 Å². The highest BCUT2D eigenvalue weighted by Gasteiger charge is 2.38. The molecule has 4 aromatic heterocycles. The molecule has 2 aliphatic heterocycles. The highest BCUT2D eigenvalue weighted by molar-refractivity contribution is 5.85. The van der Waals surface area contributed by atoms with Crippen molar-refractivity contribution in [2.75, 3.05) is 49.1 Å². The molecule has 17 nitrogen and oxygen atoms in total. The lowest BCUT2D eigenvalue weighted by Gasteiger charge is -2.41. The highest BCUT2D eigenvalue weighted by atomic mass is 35.5. The number of carbonyl (C=O) groups excluding carboxylic acids is 1. The first-order valence-electron chi connectivity index (χ1n) is 17.8. The summed E-state index contributed by atoms with van der Waals surface area (Å²) < 4.78 is 3.42. The summed E-state index contributed by atoms with van der Waals surface area (Å²) >= 11 is 0. The molecule has 2 aliphatic carbocycles. The summed E-state index contributed by atoms with van der Waals surface area (Å²) in [6.45, 7) is 23.5. The van der Waals surface area contributed by atoms with Gasteiger partial charge in [-0.25, -0.2) is 29.6 Å². The van der Waals surface area contributed by atoms with Crippen LogP contribution in [0.15, 0.2) is 37.2 Å². The predicted molar refractivity (Wildman–Crippen MR) is 204 cm³/mol. The number of piperazine rings is 2. The Bertz CT molecular complexity index is 2030. The third kappa shape index (κ3) is 9.66. The molecule has 18 heteroatoms. The predicted octanol–water partition coefficient (Wildman–Crippen LogP) is 4.00. The van der Waals surface area contributed by atoms with Crippen LogP contribution in [-0.2, 0) is 23.7 Å². The van der Waals surface area contributed by atoms with Crippen molar-refractivity contribution in [3.63, 3.8) is 0 Å². The van der Waals surface area contributed by atoms with Gasteiger partial charge < -0.3 is 25.1 Å². The van der Waals surface area contributed by atoms with Gasteiger partial charge in [-0.15, -0.1) is 12.4 Å². The third-order valence-corrected chi connectivity index (χ3v) is 9.40. The molecule has 284 valence electrons. The molecule has 0 unspecified atom stereocenters. The zero-order chi connectivity index (χ0) is 37.6. The van der Waals surface area contributed by atoms with E-state index in [0.717, 1.165) is 56.4 Å². The van der Waals surface area contributed by atoms with Crippen LogP contribution in [0, 0.1) is 25.0 Å². The van der Waals surface area contributed by atoms with E-state index in [-0.39, 0.29) is 36.2 Å². The van der Waals surface area contributed by atoms with Crippen LogP contribution in [-0.4, -0.2) is 113 Å². The van der Waals surface area contributed by atoms with Crippen LogP contribution < -0.4 is 15.1 Å². The van der Waals surface area contributed by atoms with E-state index in [4.69, 9.17) is 18.3 Å². The first kappa shape index (κ1) is 39.6. The largest absolute Gasteiger partial charge is 0.481 e. The number of amides is 1. The maximum absolute atomic E-state index is 12.4. The van der Waals surface area contributed by atoms with Crippen LogP contribution in [0.3, 0.4) is 0 Å². The molecule has 4 fully saturated rings. The van der Waals surface area contributed by atoms with Crippen LogP contribution in [0.4, 0.5) is 23.0 Å². The van der Waals surface area contributed by atoms with Crippen molar-refractivity contribution >= 4 is 47.3 Å². The third-order valence-electron chi connectivity index (χ3n) is 9.40. The summed E-state index contributed by atoms with van der Waals surface area (Å²) in [6.07, 6.45) is 14.2. The molecular weight excluding hydrogens is 712 g/mol. The number of halogens is 1. The van der Waals surface area contributed by atoms with Gasteiger partial charge in [0, 0.05) is 96.2 Å². The van der Waals surface area contributed by atoms with E-state index >= 15 is 0 Å². The number of carboxylic acids is 1. The maximum Gasteiger partial charge on any atom is 0.306 e. The van der Waals surface area contributed by atoms with E-state index in [2.05, 4.69) is 68.8 Å². The molecule has 4 aromatic rings. The number of anilines is 2. The molecule has 4 aliphatic rings. The van der Waals surface area contributed by atoms with Gasteiger partial charge in [-0.2, -0.15) is 10.2 Å². The van der Waals surface area contributed by atoms with Gasteiger partial charge >= 0.3 is 5.97 Å². The standard InChI is InChI=1S/C18H21N7O.C14H17N7.C4H6O2.ClH/c1-12-10-24(6-7-25(12)18(26)13-4-5-13)17-15(19-2)9-20-16(22-17)14-8-21-23(3)11-14;1-10-8-21(5-4-16-10)14-12(15-2)7-17-13(19-14)11-6-18-20(3)9-11;5-4(6)3-1-2-3;/h8-9,11-13H,4-7,10H2,1,3H3;6-7,9-10,16H,4-5,8H2,1,3H3;3H,1-2H2,(H,5,6);1H/t12-;10-;;/m11../s1. The number of carbonyl (C=O) groups is 2. The van der Waals surface area contributed by atoms with Crippen molar-refractivity contribution < 1.29 is 14.7 Å². The van der Waals surface area contributed by atoms with E-state index in [9.17, 15) is 9.59 Å². The molecule has 1 amide bonds. The fourth-order valence-electron chi connectivity index (χ4n) is 6.20. The number of hydrogen-bond donors (Lipinski definition) is 2. The molecule has 2 saturated heterocycles. The Balaban J connectivity index is 0.000000180. The van der Waals surface area contributed by atoms with Crippen LogP contribution >= 0.6 is 12.4 Å². The summed E-state index contributed by atoms with van der Waals surface area (Å²) in [5.41, 5.74) is 2.61. The van der Waals surface area contributed by atoms with E-state index < -0.39 is 5.97 Å². The number of aromatic nitrogens is 8. The zero-order valence-corrected chi connectivity index (χ0v) is 31.6. The number of carboxylic acid groups (broad SMARTS) is 1. The lowest BCUT2D eigenvalue weighted by atomic mass is 10.1. The number of aryl methyl sites for hydroxylation is 2. The molecule has 0 bridgehead atoms. The van der Waals surface area contributed by atoms with Gasteiger partial charge in [-0.05, 0) is 39.5 Å². The number of hydrogen-bond acceptors (Lipinski definition) is 11. The molecule has 8 rings (SSSR count). The molecule has 0 spiro atoms. The van der Waals surface area contributed by atoms with Gasteiger partial charge in [-0.1, -0.05) is 0 Å². The fourth-order valence-corrected chi connectivity index (χ4v) is 6.20. The Morgan fingerprint density at radius 3 is 1.69 bits per heavy atom. The van der Waals surface area contributed by atoms with Crippen molar-refractivity contribution in [2.24, 2.45) is 25.9 Å². The maximum atomic E-state index is 12.4. The molecule has 2 saturated carbocycles. The van der Waals surface area contributed by atoms with Gasteiger partial charge in [0.25, 0.3) is 0 Å². The normalized spacial score (nSPS) is 19.2. The summed E-state index contributed by atoms with van der Waals surface area (Å²) in [4.78, 5) is 53.4. The van der Waals surface area contributed by atoms with Gasteiger partial charge in [-0.3, -0.25) is 19.0 Å². The minimum Gasteiger partial charge on any atom is -0.481 e. The Hall–Kier alpha value is -5.65. The molecule has 0 radical (unpaired) electrons. The zero-order valence-electron chi connectivity index (χ0n) is 30.8. The monoisotopic (exact) mass is 756 g/mol. The molecule has 6 heterocycles. The summed E-state index contributed by atoms with van der Waals surface area (Å²) in [5, 5.41) is 19.7. The Kier molecular flexibility index (Phi) is 12.8. The Morgan fingerprint density at radius 2 is 1.30 bits per heavy atom. The van der Waals surface area contributed by atoms with Crippen LogP contribution in [0.2, 0.25) is 0 Å². The van der Waals surface area contributed by atoms with E-state index in [1.807, 2.05) is 31.4 Å².